The average molecular weight is 579 g/mol. The summed E-state index contributed by atoms with van der Waals surface area (Å²) < 4.78 is 21.1. The van der Waals surface area contributed by atoms with Crippen LogP contribution in [0.1, 0.15) is 125 Å². The molecule has 1 aromatic carbocycles. The topological polar surface area (TPSA) is 58.3 Å². The van der Waals surface area contributed by atoms with Gasteiger partial charge in [0, 0.05) is 23.1 Å². The highest BCUT2D eigenvalue weighted by molar-refractivity contribution is 7.13. The first kappa shape index (κ1) is 27.7. The van der Waals surface area contributed by atoms with Gasteiger partial charge in [-0.05, 0) is 123 Å². The standard InChI is InChI=1S/C35H47FN2O2S/c1-21(23-8-4-5-22(9-11-23)10-16-30-29-15-14-28(36)19-31(29)41-37-30)17-24-6-2-3-7-27(24)20-38-34(39)32-25-12-13-26(18-25)33(32)35(38)40/h14-15,19,21-27,39-40H,2-13,16-18,20H2,1H3. The molecule has 0 spiro atoms. The quantitative estimate of drug-likeness (QED) is 0.262. The molecule has 7 unspecified atom stereocenters. The van der Waals surface area contributed by atoms with Crippen molar-refractivity contribution in [2.24, 2.45) is 29.6 Å². The van der Waals surface area contributed by atoms with E-state index in [0.717, 1.165) is 64.0 Å². The Labute approximate surface area is 248 Å². The number of aromatic nitrogens is 2. The third kappa shape index (κ3) is 5.32. The summed E-state index contributed by atoms with van der Waals surface area (Å²) in [6.45, 7) is 3.29. The van der Waals surface area contributed by atoms with E-state index >= 15 is 0 Å². The van der Waals surface area contributed by atoms with Crippen molar-refractivity contribution < 1.29 is 14.6 Å². The Bertz CT molecular complexity index is 1350. The molecule has 4 aliphatic rings. The van der Waals surface area contributed by atoms with Crippen LogP contribution in [0.4, 0.5) is 4.39 Å². The summed E-state index contributed by atoms with van der Waals surface area (Å²) in [5, 5.41) is 23.5. The number of hydrogen-bond donors (Lipinski definition) is 2. The van der Waals surface area contributed by atoms with Crippen molar-refractivity contribution in [2.75, 3.05) is 0 Å². The van der Waals surface area contributed by atoms with E-state index in [1.165, 1.54) is 95.0 Å². The average Bonchev–Trinajstić information content (AvgIpc) is 3.70. The summed E-state index contributed by atoms with van der Waals surface area (Å²) in [5.41, 5.74) is 3.33. The van der Waals surface area contributed by atoms with Gasteiger partial charge in [-0.15, -0.1) is 0 Å². The number of aromatic hydroxyl groups is 2. The van der Waals surface area contributed by atoms with Crippen LogP contribution < -0.4 is 0 Å². The first-order valence-electron chi connectivity index (χ1n) is 16.6. The van der Waals surface area contributed by atoms with E-state index in [0.29, 0.717) is 35.4 Å². The Morgan fingerprint density at radius 2 is 1.68 bits per heavy atom. The second-order valence-electron chi connectivity index (χ2n) is 14.3. The smallest absolute Gasteiger partial charge is 0.197 e. The minimum Gasteiger partial charge on any atom is -0.494 e. The van der Waals surface area contributed by atoms with Crippen molar-refractivity contribution in [1.82, 2.24) is 8.94 Å². The molecule has 4 aliphatic carbocycles. The maximum atomic E-state index is 13.6. The summed E-state index contributed by atoms with van der Waals surface area (Å²) in [5.74, 6) is 5.06. The molecule has 41 heavy (non-hydrogen) atoms. The van der Waals surface area contributed by atoms with Crippen LogP contribution in [-0.4, -0.2) is 19.2 Å². The maximum Gasteiger partial charge on any atom is 0.197 e. The van der Waals surface area contributed by atoms with Gasteiger partial charge in [0.25, 0.3) is 0 Å². The first-order valence-corrected chi connectivity index (χ1v) is 17.4. The largest absolute Gasteiger partial charge is 0.494 e. The highest BCUT2D eigenvalue weighted by Crippen LogP contribution is 2.60. The third-order valence-electron chi connectivity index (χ3n) is 11.9. The lowest BCUT2D eigenvalue weighted by molar-refractivity contribution is 0.148. The van der Waals surface area contributed by atoms with Crippen LogP contribution >= 0.6 is 11.5 Å². The molecule has 3 aromatic rings. The number of rotatable bonds is 8. The Morgan fingerprint density at radius 3 is 2.46 bits per heavy atom. The number of hydrogen-bond acceptors (Lipinski definition) is 4. The van der Waals surface area contributed by atoms with Gasteiger partial charge in [-0.1, -0.05) is 51.9 Å². The van der Waals surface area contributed by atoms with Crippen molar-refractivity contribution in [3.8, 4) is 11.8 Å². The molecule has 3 saturated carbocycles. The molecule has 0 amide bonds. The number of nitrogens with zero attached hydrogens (tertiary/aromatic N) is 2. The fourth-order valence-corrected chi connectivity index (χ4v) is 10.5. The van der Waals surface area contributed by atoms with E-state index in [9.17, 15) is 14.6 Å². The van der Waals surface area contributed by atoms with E-state index in [1.54, 1.807) is 12.1 Å². The molecule has 2 aromatic heterocycles. The number of benzene rings is 1. The summed E-state index contributed by atoms with van der Waals surface area (Å²) in [7, 11) is 0. The molecule has 2 heterocycles. The Morgan fingerprint density at radius 1 is 0.927 bits per heavy atom. The predicted octanol–water partition coefficient (Wildman–Crippen LogP) is 9.67. The Balaban J connectivity index is 0.948. The van der Waals surface area contributed by atoms with Crippen LogP contribution in [0, 0.1) is 35.4 Å². The van der Waals surface area contributed by atoms with Gasteiger partial charge in [-0.3, -0.25) is 4.57 Å². The molecule has 7 rings (SSSR count). The fourth-order valence-electron chi connectivity index (χ4n) is 9.61. The van der Waals surface area contributed by atoms with E-state index < -0.39 is 0 Å². The molecule has 2 bridgehead atoms. The molecule has 4 nitrogen and oxygen atoms in total. The van der Waals surface area contributed by atoms with Crippen LogP contribution in [0.3, 0.4) is 0 Å². The van der Waals surface area contributed by atoms with Gasteiger partial charge in [-0.25, -0.2) is 4.39 Å². The summed E-state index contributed by atoms with van der Waals surface area (Å²) in [6, 6.07) is 5.08. The molecule has 6 heteroatoms. The zero-order valence-corrected chi connectivity index (χ0v) is 25.5. The van der Waals surface area contributed by atoms with Crippen molar-refractivity contribution in [1.29, 1.82) is 0 Å². The number of aryl methyl sites for hydroxylation is 1. The van der Waals surface area contributed by atoms with Gasteiger partial charge in [-0.2, -0.15) is 4.37 Å². The van der Waals surface area contributed by atoms with E-state index in [4.69, 9.17) is 0 Å². The highest BCUT2D eigenvalue weighted by atomic mass is 32.1. The lowest BCUT2D eigenvalue weighted by atomic mass is 9.72. The molecule has 2 N–H and O–H groups in total. The number of halogens is 1. The monoisotopic (exact) mass is 578 g/mol. The molecule has 0 saturated heterocycles. The van der Waals surface area contributed by atoms with Gasteiger partial charge >= 0.3 is 0 Å². The summed E-state index contributed by atoms with van der Waals surface area (Å²) in [4.78, 5) is 0. The second kappa shape index (κ2) is 11.5. The summed E-state index contributed by atoms with van der Waals surface area (Å²) >= 11 is 1.43. The SMILES string of the molecule is CC(CC1CCCCC1Cn1c(O)c2c(c1O)C1CCC2C1)C1CCCC(CCc2nsc3cc(F)ccc23)CC1. The minimum atomic E-state index is -0.174. The van der Waals surface area contributed by atoms with Gasteiger partial charge in [0.1, 0.15) is 5.82 Å². The van der Waals surface area contributed by atoms with Gasteiger partial charge in [0.15, 0.2) is 11.8 Å². The third-order valence-corrected chi connectivity index (χ3v) is 12.8. The van der Waals surface area contributed by atoms with E-state index in [2.05, 4.69) is 11.3 Å². The zero-order chi connectivity index (χ0) is 28.1. The minimum absolute atomic E-state index is 0.174. The molecule has 3 fully saturated rings. The van der Waals surface area contributed by atoms with E-state index in [1.807, 2.05) is 10.6 Å². The predicted molar refractivity (Wildman–Crippen MR) is 164 cm³/mol. The molecule has 222 valence electrons. The van der Waals surface area contributed by atoms with Crippen molar-refractivity contribution >= 4 is 21.6 Å². The van der Waals surface area contributed by atoms with Crippen LogP contribution in [0.15, 0.2) is 18.2 Å². The Hall–Kier alpha value is -2.08. The zero-order valence-electron chi connectivity index (χ0n) is 24.7. The highest BCUT2D eigenvalue weighted by Gasteiger charge is 2.44. The lowest BCUT2D eigenvalue weighted by Crippen LogP contribution is -2.27. The maximum absolute atomic E-state index is 13.6. The molecular weight excluding hydrogens is 531 g/mol. The van der Waals surface area contributed by atoms with Gasteiger partial charge in [0.2, 0.25) is 0 Å². The van der Waals surface area contributed by atoms with Crippen molar-refractivity contribution in [2.45, 2.75) is 122 Å². The lowest BCUT2D eigenvalue weighted by Gasteiger charge is -2.36. The summed E-state index contributed by atoms with van der Waals surface area (Å²) in [6.07, 6.45) is 18.7. The molecule has 7 atom stereocenters. The van der Waals surface area contributed by atoms with Gasteiger partial charge < -0.3 is 10.2 Å². The van der Waals surface area contributed by atoms with Crippen LogP contribution in [0.2, 0.25) is 0 Å². The van der Waals surface area contributed by atoms with Crippen LogP contribution in [0.25, 0.3) is 10.1 Å². The molecule has 0 aliphatic heterocycles. The molecule has 0 radical (unpaired) electrons. The molecular formula is C35H47FN2O2S. The number of fused-ring (bicyclic) bond motifs is 6. The first-order chi connectivity index (χ1) is 20.0. The normalized spacial score (nSPS) is 30.5. The van der Waals surface area contributed by atoms with Crippen molar-refractivity contribution in [3.63, 3.8) is 0 Å². The second-order valence-corrected chi connectivity index (χ2v) is 15.1. The van der Waals surface area contributed by atoms with Crippen LogP contribution in [0.5, 0.6) is 11.8 Å². The Kier molecular flexibility index (Phi) is 7.81. The van der Waals surface area contributed by atoms with E-state index in [-0.39, 0.29) is 5.82 Å². The van der Waals surface area contributed by atoms with Crippen molar-refractivity contribution in [3.05, 3.63) is 40.8 Å². The van der Waals surface area contributed by atoms with Crippen LogP contribution in [-0.2, 0) is 13.0 Å². The van der Waals surface area contributed by atoms with Gasteiger partial charge in [0.05, 0.1) is 10.4 Å². The fraction of sp³-hybridized carbons (Fsp3) is 0.686.